The Morgan fingerprint density at radius 2 is 1.78 bits per heavy atom. The minimum Gasteiger partial charge on any atom is -0.497 e. The predicted molar refractivity (Wildman–Crippen MR) is 72.2 cm³/mol. The lowest BCUT2D eigenvalue weighted by atomic mass is 10.1. The molecule has 1 unspecified atom stereocenters. The summed E-state index contributed by atoms with van der Waals surface area (Å²) in [6, 6.07) is 6.17. The molecule has 1 atom stereocenters. The predicted octanol–water partition coefficient (Wildman–Crippen LogP) is 1.95. The monoisotopic (exact) mass is 253 g/mol. The van der Waals surface area contributed by atoms with E-state index in [9.17, 15) is 0 Å². The van der Waals surface area contributed by atoms with Crippen LogP contribution in [0.25, 0.3) is 0 Å². The first-order valence-electron chi connectivity index (χ1n) is 6.29. The van der Waals surface area contributed by atoms with Gasteiger partial charge in [0.2, 0.25) is 0 Å². The van der Waals surface area contributed by atoms with Gasteiger partial charge in [0, 0.05) is 25.3 Å². The molecule has 0 bridgehead atoms. The number of methoxy groups -OCH3 is 2. The second-order valence-corrected chi connectivity index (χ2v) is 4.22. The molecule has 102 valence electrons. The zero-order valence-electron chi connectivity index (χ0n) is 11.4. The van der Waals surface area contributed by atoms with Crippen LogP contribution < -0.4 is 14.8 Å². The summed E-state index contributed by atoms with van der Waals surface area (Å²) in [5.41, 5.74) is 1.11. The van der Waals surface area contributed by atoms with Crippen molar-refractivity contribution in [1.29, 1.82) is 0 Å². The van der Waals surface area contributed by atoms with Gasteiger partial charge in [0.1, 0.15) is 11.5 Å². The van der Waals surface area contributed by atoms with Gasteiger partial charge in [0.15, 0.2) is 0 Å². The van der Waals surface area contributed by atoms with Crippen LogP contribution in [0.4, 0.5) is 0 Å². The molecule has 0 aliphatic heterocycles. The molecule has 0 spiro atoms. The molecular weight excluding hydrogens is 230 g/mol. The minimum absolute atomic E-state index is 0.215. The van der Waals surface area contributed by atoms with Crippen LogP contribution in [0.2, 0.25) is 0 Å². The van der Waals surface area contributed by atoms with Crippen LogP contribution >= 0.6 is 0 Å². The van der Waals surface area contributed by atoms with Crippen LogP contribution in [-0.4, -0.2) is 32.0 Å². The Morgan fingerprint density at radius 3 is 2.22 bits per heavy atom. The van der Waals surface area contributed by atoms with Gasteiger partial charge in [-0.05, 0) is 30.5 Å². The van der Waals surface area contributed by atoms with Crippen LogP contribution in [-0.2, 0) is 6.54 Å². The number of benzene rings is 1. The van der Waals surface area contributed by atoms with Gasteiger partial charge in [-0.15, -0.1) is 0 Å². The van der Waals surface area contributed by atoms with E-state index in [4.69, 9.17) is 14.6 Å². The zero-order valence-corrected chi connectivity index (χ0v) is 11.4. The lowest BCUT2D eigenvalue weighted by Crippen LogP contribution is -2.28. The molecule has 2 N–H and O–H groups in total. The molecule has 18 heavy (non-hydrogen) atoms. The van der Waals surface area contributed by atoms with Crippen LogP contribution in [0.5, 0.6) is 11.5 Å². The fourth-order valence-electron chi connectivity index (χ4n) is 1.84. The Hall–Kier alpha value is -1.26. The third kappa shape index (κ3) is 4.55. The summed E-state index contributed by atoms with van der Waals surface area (Å²) in [7, 11) is 3.29. The molecule has 4 nitrogen and oxygen atoms in total. The molecule has 0 aliphatic carbocycles. The summed E-state index contributed by atoms with van der Waals surface area (Å²) in [5, 5.41) is 12.4. The van der Waals surface area contributed by atoms with Gasteiger partial charge >= 0.3 is 0 Å². The first-order valence-corrected chi connectivity index (χ1v) is 6.29. The number of ether oxygens (including phenoxy) is 2. The lowest BCUT2D eigenvalue weighted by Gasteiger charge is -2.16. The van der Waals surface area contributed by atoms with E-state index in [1.54, 1.807) is 14.2 Å². The van der Waals surface area contributed by atoms with Crippen molar-refractivity contribution < 1.29 is 14.6 Å². The Morgan fingerprint density at radius 1 is 1.17 bits per heavy atom. The Kier molecular flexibility index (Phi) is 6.54. The van der Waals surface area contributed by atoms with Crippen LogP contribution in [0.1, 0.15) is 25.3 Å². The number of hydrogen-bond donors (Lipinski definition) is 2. The highest BCUT2D eigenvalue weighted by atomic mass is 16.5. The van der Waals surface area contributed by atoms with Crippen molar-refractivity contribution in [2.24, 2.45) is 0 Å². The summed E-state index contributed by atoms with van der Waals surface area (Å²) >= 11 is 0. The fraction of sp³-hybridized carbons (Fsp3) is 0.571. The van der Waals surface area contributed by atoms with E-state index < -0.39 is 0 Å². The van der Waals surface area contributed by atoms with Crippen molar-refractivity contribution in [2.75, 3.05) is 20.8 Å². The van der Waals surface area contributed by atoms with Gasteiger partial charge in [-0.2, -0.15) is 0 Å². The third-order valence-electron chi connectivity index (χ3n) is 2.98. The highest BCUT2D eigenvalue weighted by Crippen LogP contribution is 2.22. The van der Waals surface area contributed by atoms with E-state index in [0.29, 0.717) is 6.04 Å². The lowest BCUT2D eigenvalue weighted by molar-refractivity contribution is 0.262. The van der Waals surface area contributed by atoms with Crippen LogP contribution in [0.3, 0.4) is 0 Å². The van der Waals surface area contributed by atoms with Crippen LogP contribution in [0.15, 0.2) is 18.2 Å². The normalized spacial score (nSPS) is 12.2. The molecule has 1 aromatic carbocycles. The maximum absolute atomic E-state index is 8.95. The molecule has 4 heteroatoms. The number of nitrogens with one attached hydrogen (secondary N) is 1. The molecule has 0 saturated heterocycles. The smallest absolute Gasteiger partial charge is 0.122 e. The van der Waals surface area contributed by atoms with E-state index >= 15 is 0 Å². The van der Waals surface area contributed by atoms with Crippen molar-refractivity contribution in [1.82, 2.24) is 5.32 Å². The second kappa shape index (κ2) is 7.95. The maximum Gasteiger partial charge on any atom is 0.122 e. The average molecular weight is 253 g/mol. The fourth-order valence-corrected chi connectivity index (χ4v) is 1.84. The van der Waals surface area contributed by atoms with Gasteiger partial charge in [-0.25, -0.2) is 0 Å². The molecule has 0 aliphatic rings. The highest BCUT2D eigenvalue weighted by Gasteiger charge is 2.06. The van der Waals surface area contributed by atoms with E-state index in [-0.39, 0.29) is 6.61 Å². The van der Waals surface area contributed by atoms with Crippen molar-refractivity contribution in [3.05, 3.63) is 23.8 Å². The molecule has 0 aromatic heterocycles. The Bertz CT molecular complexity index is 333. The van der Waals surface area contributed by atoms with E-state index in [0.717, 1.165) is 36.4 Å². The van der Waals surface area contributed by atoms with E-state index in [1.807, 2.05) is 18.2 Å². The standard InChI is InChI=1S/C14H23NO3/c1-4-12(5-6-16)15-10-11-7-13(17-2)9-14(8-11)18-3/h7-9,12,15-16H,4-6,10H2,1-3H3. The summed E-state index contributed by atoms with van der Waals surface area (Å²) in [6.45, 7) is 3.07. The van der Waals surface area contributed by atoms with E-state index in [1.165, 1.54) is 0 Å². The minimum atomic E-state index is 0.215. The van der Waals surface area contributed by atoms with E-state index in [2.05, 4.69) is 12.2 Å². The zero-order chi connectivity index (χ0) is 13.4. The van der Waals surface area contributed by atoms with Crippen molar-refractivity contribution in [3.63, 3.8) is 0 Å². The average Bonchev–Trinajstić information content (AvgIpc) is 2.42. The third-order valence-corrected chi connectivity index (χ3v) is 2.98. The first-order chi connectivity index (χ1) is 8.73. The summed E-state index contributed by atoms with van der Waals surface area (Å²) in [4.78, 5) is 0. The molecule has 0 fully saturated rings. The largest absolute Gasteiger partial charge is 0.497 e. The number of aliphatic hydroxyl groups excluding tert-OH is 1. The van der Waals surface area contributed by atoms with Crippen molar-refractivity contribution >= 4 is 0 Å². The van der Waals surface area contributed by atoms with Gasteiger partial charge < -0.3 is 19.9 Å². The van der Waals surface area contributed by atoms with Gasteiger partial charge in [0.05, 0.1) is 14.2 Å². The molecule has 0 saturated carbocycles. The first kappa shape index (κ1) is 14.8. The summed E-state index contributed by atoms with van der Waals surface area (Å²) in [5.74, 6) is 1.59. The SMILES string of the molecule is CCC(CCO)NCc1cc(OC)cc(OC)c1. The van der Waals surface area contributed by atoms with Gasteiger partial charge in [-0.3, -0.25) is 0 Å². The number of aliphatic hydroxyl groups is 1. The molecule has 1 rings (SSSR count). The topological polar surface area (TPSA) is 50.7 Å². The summed E-state index contributed by atoms with van der Waals surface area (Å²) < 4.78 is 10.5. The van der Waals surface area contributed by atoms with Crippen LogP contribution in [0, 0.1) is 0 Å². The molecule has 0 heterocycles. The highest BCUT2D eigenvalue weighted by molar-refractivity contribution is 5.38. The Labute approximate surface area is 109 Å². The van der Waals surface area contributed by atoms with Crippen molar-refractivity contribution in [2.45, 2.75) is 32.4 Å². The Balaban J connectivity index is 2.65. The molecule has 0 radical (unpaired) electrons. The molecule has 1 aromatic rings. The van der Waals surface area contributed by atoms with Crippen molar-refractivity contribution in [3.8, 4) is 11.5 Å². The molecular formula is C14H23NO3. The number of rotatable bonds is 8. The van der Waals surface area contributed by atoms with Gasteiger partial charge in [-0.1, -0.05) is 6.92 Å². The number of hydrogen-bond acceptors (Lipinski definition) is 4. The quantitative estimate of drug-likeness (QED) is 0.743. The van der Waals surface area contributed by atoms with Gasteiger partial charge in [0.25, 0.3) is 0 Å². The molecule has 0 amide bonds. The summed E-state index contributed by atoms with van der Waals surface area (Å²) in [6.07, 6.45) is 1.78. The second-order valence-electron chi connectivity index (χ2n) is 4.22. The maximum atomic E-state index is 8.95.